The highest BCUT2D eigenvalue weighted by Gasteiger charge is 2.09. The van der Waals surface area contributed by atoms with Gasteiger partial charge in [0, 0.05) is 11.6 Å². The largest absolute Gasteiger partial charge is 0.473 e. The van der Waals surface area contributed by atoms with Gasteiger partial charge in [0.15, 0.2) is 5.76 Å². The van der Waals surface area contributed by atoms with E-state index in [2.05, 4.69) is 5.16 Å². The Morgan fingerprint density at radius 1 is 1.29 bits per heavy atom. The van der Waals surface area contributed by atoms with Gasteiger partial charge in [-0.2, -0.15) is 0 Å². The number of hydrogen-bond acceptors (Lipinski definition) is 5. The number of aromatic nitrogens is 1. The maximum atomic E-state index is 9.11. The smallest absolute Gasteiger partial charge is 0.254 e. The monoisotopic (exact) mass is 235 g/mol. The van der Waals surface area contributed by atoms with Gasteiger partial charge in [0.05, 0.1) is 6.61 Å². The van der Waals surface area contributed by atoms with Crippen molar-refractivity contribution in [2.75, 3.05) is 13.2 Å². The van der Waals surface area contributed by atoms with E-state index in [1.807, 2.05) is 30.3 Å². The average Bonchev–Trinajstić information content (AvgIpc) is 2.86. The van der Waals surface area contributed by atoms with Crippen LogP contribution in [0.2, 0.25) is 0 Å². The second kappa shape index (κ2) is 5.47. The van der Waals surface area contributed by atoms with E-state index in [9.17, 15) is 0 Å². The molecule has 0 saturated heterocycles. The van der Waals surface area contributed by atoms with Crippen molar-refractivity contribution in [3.8, 4) is 17.2 Å². The van der Waals surface area contributed by atoms with Gasteiger partial charge in [-0.05, 0) is 5.16 Å². The van der Waals surface area contributed by atoms with Gasteiger partial charge in [-0.15, -0.1) is 0 Å². The summed E-state index contributed by atoms with van der Waals surface area (Å²) in [4.78, 5) is 0. The van der Waals surface area contributed by atoms with Crippen molar-refractivity contribution in [2.45, 2.75) is 6.10 Å². The van der Waals surface area contributed by atoms with Crippen molar-refractivity contribution < 1.29 is 19.5 Å². The fourth-order valence-electron chi connectivity index (χ4n) is 1.30. The Labute approximate surface area is 98.3 Å². The van der Waals surface area contributed by atoms with E-state index in [4.69, 9.17) is 19.5 Å². The van der Waals surface area contributed by atoms with E-state index in [-0.39, 0.29) is 19.1 Å². The van der Waals surface area contributed by atoms with Gasteiger partial charge in [0.1, 0.15) is 12.7 Å². The lowest BCUT2D eigenvalue weighted by molar-refractivity contribution is 0.0509. The Morgan fingerprint density at radius 2 is 2.06 bits per heavy atom. The van der Waals surface area contributed by atoms with Crippen molar-refractivity contribution in [2.24, 2.45) is 0 Å². The Balaban J connectivity index is 2.01. The van der Waals surface area contributed by atoms with Gasteiger partial charge >= 0.3 is 0 Å². The minimum absolute atomic E-state index is 0.0166. The van der Waals surface area contributed by atoms with Crippen molar-refractivity contribution in [3.05, 3.63) is 36.4 Å². The number of aliphatic hydroxyl groups excluding tert-OH is 2. The van der Waals surface area contributed by atoms with Gasteiger partial charge in [0.25, 0.3) is 5.88 Å². The van der Waals surface area contributed by atoms with Crippen LogP contribution in [-0.2, 0) is 0 Å². The standard InChI is InChI=1S/C12H13NO4/c14-7-10(15)8-16-12-6-11(17-13-12)9-4-2-1-3-5-9/h1-6,10,14-15H,7-8H2. The van der Waals surface area contributed by atoms with Gasteiger partial charge < -0.3 is 19.5 Å². The molecule has 0 bridgehead atoms. The third kappa shape index (κ3) is 3.05. The molecule has 0 aliphatic carbocycles. The summed E-state index contributed by atoms with van der Waals surface area (Å²) in [6.07, 6.45) is -0.910. The van der Waals surface area contributed by atoms with Crippen molar-refractivity contribution in [1.82, 2.24) is 5.16 Å². The summed E-state index contributed by atoms with van der Waals surface area (Å²) in [5.41, 5.74) is 0.901. The maximum Gasteiger partial charge on any atom is 0.254 e. The Kier molecular flexibility index (Phi) is 3.74. The molecule has 5 heteroatoms. The molecule has 1 aromatic heterocycles. The first kappa shape index (κ1) is 11.6. The van der Waals surface area contributed by atoms with Crippen LogP contribution in [0.5, 0.6) is 5.88 Å². The fraction of sp³-hybridized carbons (Fsp3) is 0.250. The van der Waals surface area contributed by atoms with Crippen LogP contribution in [0.25, 0.3) is 11.3 Å². The zero-order valence-electron chi connectivity index (χ0n) is 9.11. The van der Waals surface area contributed by atoms with E-state index in [0.29, 0.717) is 5.76 Å². The third-order valence-corrected chi connectivity index (χ3v) is 2.18. The summed E-state index contributed by atoms with van der Waals surface area (Å²) >= 11 is 0. The Bertz CT molecular complexity index is 455. The van der Waals surface area contributed by atoms with Crippen LogP contribution in [0, 0.1) is 0 Å². The van der Waals surface area contributed by atoms with E-state index in [0.717, 1.165) is 5.56 Å². The molecule has 0 radical (unpaired) electrons. The summed E-state index contributed by atoms with van der Waals surface area (Å²) in [5.74, 6) is 0.885. The highest BCUT2D eigenvalue weighted by molar-refractivity contribution is 5.57. The summed E-state index contributed by atoms with van der Waals surface area (Å²) in [6.45, 7) is -0.360. The van der Waals surface area contributed by atoms with Gasteiger partial charge in [-0.25, -0.2) is 0 Å². The maximum absolute atomic E-state index is 9.11. The van der Waals surface area contributed by atoms with E-state index in [1.165, 1.54) is 0 Å². The van der Waals surface area contributed by atoms with Crippen molar-refractivity contribution in [3.63, 3.8) is 0 Å². The summed E-state index contributed by atoms with van der Waals surface area (Å²) in [7, 11) is 0. The topological polar surface area (TPSA) is 75.7 Å². The summed E-state index contributed by atoms with van der Waals surface area (Å²) in [5, 5.41) is 21.4. The van der Waals surface area contributed by atoms with Gasteiger partial charge in [-0.1, -0.05) is 30.3 Å². The molecule has 0 aliphatic rings. The molecule has 2 rings (SSSR count). The summed E-state index contributed by atoms with van der Waals surface area (Å²) in [6, 6.07) is 11.1. The average molecular weight is 235 g/mol. The first-order valence-electron chi connectivity index (χ1n) is 5.23. The van der Waals surface area contributed by atoms with Crippen LogP contribution < -0.4 is 4.74 Å². The quantitative estimate of drug-likeness (QED) is 0.810. The molecule has 2 N–H and O–H groups in total. The molecule has 17 heavy (non-hydrogen) atoms. The number of hydrogen-bond donors (Lipinski definition) is 2. The molecule has 1 aromatic carbocycles. The first-order chi connectivity index (χ1) is 8.29. The molecule has 1 atom stereocenters. The molecular formula is C12H13NO4. The number of nitrogens with zero attached hydrogens (tertiary/aromatic N) is 1. The van der Waals surface area contributed by atoms with Crippen LogP contribution in [-0.4, -0.2) is 34.7 Å². The number of rotatable bonds is 5. The number of ether oxygens (including phenoxy) is 1. The van der Waals surface area contributed by atoms with Gasteiger partial charge in [0.2, 0.25) is 0 Å². The van der Waals surface area contributed by atoms with Crippen molar-refractivity contribution >= 4 is 0 Å². The predicted molar refractivity (Wildman–Crippen MR) is 60.5 cm³/mol. The van der Waals surface area contributed by atoms with Gasteiger partial charge in [-0.3, -0.25) is 0 Å². The normalized spacial score (nSPS) is 12.4. The molecule has 1 heterocycles. The van der Waals surface area contributed by atoms with Crippen LogP contribution in [0.15, 0.2) is 40.9 Å². The third-order valence-electron chi connectivity index (χ3n) is 2.18. The molecule has 0 amide bonds. The number of aliphatic hydroxyl groups is 2. The predicted octanol–water partition coefficient (Wildman–Crippen LogP) is 1.07. The fourth-order valence-corrected chi connectivity index (χ4v) is 1.30. The van der Waals surface area contributed by atoms with E-state index >= 15 is 0 Å². The molecule has 2 aromatic rings. The zero-order valence-corrected chi connectivity index (χ0v) is 9.11. The minimum atomic E-state index is -0.910. The number of benzene rings is 1. The van der Waals surface area contributed by atoms with Crippen molar-refractivity contribution in [1.29, 1.82) is 0 Å². The molecule has 5 nitrogen and oxygen atoms in total. The van der Waals surface area contributed by atoms with Crippen LogP contribution in [0.3, 0.4) is 0 Å². The molecule has 1 unspecified atom stereocenters. The van der Waals surface area contributed by atoms with Crippen LogP contribution >= 0.6 is 0 Å². The second-order valence-corrected chi connectivity index (χ2v) is 3.54. The summed E-state index contributed by atoms with van der Waals surface area (Å²) < 4.78 is 10.2. The van der Waals surface area contributed by atoms with Crippen LogP contribution in [0.1, 0.15) is 0 Å². The lowest BCUT2D eigenvalue weighted by Crippen LogP contribution is -2.21. The molecule has 0 saturated carbocycles. The lowest BCUT2D eigenvalue weighted by atomic mass is 10.2. The molecule has 0 aliphatic heterocycles. The van der Waals surface area contributed by atoms with Crippen LogP contribution in [0.4, 0.5) is 0 Å². The highest BCUT2D eigenvalue weighted by Crippen LogP contribution is 2.23. The first-order valence-corrected chi connectivity index (χ1v) is 5.23. The lowest BCUT2D eigenvalue weighted by Gasteiger charge is -2.05. The molecule has 90 valence electrons. The Morgan fingerprint density at radius 3 is 2.76 bits per heavy atom. The van der Waals surface area contributed by atoms with E-state index in [1.54, 1.807) is 6.07 Å². The second-order valence-electron chi connectivity index (χ2n) is 3.54. The SMILES string of the molecule is OCC(O)COc1cc(-c2ccccc2)on1. The highest BCUT2D eigenvalue weighted by atomic mass is 16.5. The molecular weight excluding hydrogens is 222 g/mol. The minimum Gasteiger partial charge on any atom is -0.473 e. The molecule has 0 spiro atoms. The zero-order chi connectivity index (χ0) is 12.1. The Hall–Kier alpha value is -1.85. The van der Waals surface area contributed by atoms with E-state index < -0.39 is 6.10 Å². The molecule has 0 fully saturated rings.